The van der Waals surface area contributed by atoms with Gasteiger partial charge in [0.25, 0.3) is 0 Å². The molecule has 0 aromatic heterocycles. The van der Waals surface area contributed by atoms with E-state index in [1.807, 2.05) is 0 Å². The Morgan fingerprint density at radius 3 is 1.87 bits per heavy atom. The Bertz CT molecular complexity index is 88.5. The first kappa shape index (κ1) is 18.1. The van der Waals surface area contributed by atoms with Gasteiger partial charge in [0.2, 0.25) is 0 Å². The number of halogens is 1. The molecule has 0 saturated heterocycles. The molecule has 0 amide bonds. The molecular formula is C13H30ClP. The highest BCUT2D eigenvalue weighted by molar-refractivity contribution is 7.16. The summed E-state index contributed by atoms with van der Waals surface area (Å²) in [5, 5.41) is 0. The minimum Gasteiger partial charge on any atom is -0.137 e. The second-order valence-electron chi connectivity index (χ2n) is 4.05. The zero-order chi connectivity index (χ0) is 11.9. The van der Waals surface area contributed by atoms with Crippen LogP contribution >= 0.6 is 20.8 Å². The molecular weight excluding hydrogens is 223 g/mol. The molecule has 0 heterocycles. The van der Waals surface area contributed by atoms with Crippen LogP contribution in [0.3, 0.4) is 0 Å². The van der Waals surface area contributed by atoms with Crippen molar-refractivity contribution in [2.75, 3.05) is 12.0 Å². The van der Waals surface area contributed by atoms with Crippen molar-refractivity contribution in [1.82, 2.24) is 0 Å². The fourth-order valence-corrected chi connectivity index (χ4v) is 2.08. The second-order valence-corrected chi connectivity index (χ2v) is 4.90. The summed E-state index contributed by atoms with van der Waals surface area (Å²) >= 11 is 5.38. The largest absolute Gasteiger partial charge is 0.137 e. The van der Waals surface area contributed by atoms with Crippen molar-refractivity contribution in [1.29, 1.82) is 0 Å². The van der Waals surface area contributed by atoms with E-state index in [0.717, 1.165) is 11.8 Å². The van der Waals surface area contributed by atoms with E-state index in [4.69, 9.17) is 11.6 Å². The Hall–Kier alpha value is 0.720. The summed E-state index contributed by atoms with van der Waals surface area (Å²) < 4.78 is 0. The molecule has 0 nitrogen and oxygen atoms in total. The highest BCUT2D eigenvalue weighted by atomic mass is 35.5. The molecule has 0 aromatic rings. The lowest BCUT2D eigenvalue weighted by atomic mass is 10.0. The summed E-state index contributed by atoms with van der Waals surface area (Å²) in [5.41, 5.74) is 0. The van der Waals surface area contributed by atoms with E-state index in [1.54, 1.807) is 0 Å². The number of rotatable bonds is 8. The number of alkyl halides is 1. The summed E-state index contributed by atoms with van der Waals surface area (Å²) in [5.74, 6) is 1.79. The van der Waals surface area contributed by atoms with E-state index in [2.05, 4.69) is 30.0 Å². The monoisotopic (exact) mass is 252 g/mol. The van der Waals surface area contributed by atoms with Gasteiger partial charge in [0, 0.05) is 5.88 Å². The zero-order valence-electron chi connectivity index (χ0n) is 10.9. The molecule has 0 N–H and O–H groups in total. The minimum absolute atomic E-state index is 0.827. The van der Waals surface area contributed by atoms with Crippen molar-refractivity contribution in [3.8, 4) is 0 Å². The second kappa shape index (κ2) is 17.1. The molecule has 0 aliphatic heterocycles. The lowest BCUT2D eigenvalue weighted by Gasteiger charge is -2.09. The first-order valence-electron chi connectivity index (χ1n) is 6.52. The van der Waals surface area contributed by atoms with Gasteiger partial charge in [0.1, 0.15) is 0 Å². The van der Waals surface area contributed by atoms with Crippen LogP contribution in [0.5, 0.6) is 0 Å². The van der Waals surface area contributed by atoms with Crippen LogP contribution in [0, 0.1) is 5.92 Å². The van der Waals surface area contributed by atoms with Gasteiger partial charge in [0.05, 0.1) is 0 Å². The topological polar surface area (TPSA) is 0 Å². The summed E-state index contributed by atoms with van der Waals surface area (Å²) in [6.45, 7) is 6.71. The molecule has 2 heteroatoms. The third kappa shape index (κ3) is 17.3. The normalized spacial score (nSPS) is 11.8. The van der Waals surface area contributed by atoms with Crippen LogP contribution in [0.4, 0.5) is 0 Å². The number of hydrogen-bond acceptors (Lipinski definition) is 0. The molecule has 0 fully saturated rings. The van der Waals surface area contributed by atoms with Gasteiger partial charge in [-0.3, -0.25) is 0 Å². The third-order valence-corrected chi connectivity index (χ3v) is 3.55. The summed E-state index contributed by atoms with van der Waals surface area (Å²) in [6, 6.07) is 0. The maximum Gasteiger partial charge on any atom is 0.0223 e. The van der Waals surface area contributed by atoms with Crippen LogP contribution in [0.2, 0.25) is 0 Å². The van der Waals surface area contributed by atoms with E-state index >= 15 is 0 Å². The van der Waals surface area contributed by atoms with Crippen LogP contribution < -0.4 is 0 Å². The summed E-state index contributed by atoms with van der Waals surface area (Å²) in [6.07, 6.45) is 10.6. The quantitative estimate of drug-likeness (QED) is 0.304. The molecule has 0 aliphatic carbocycles. The maximum atomic E-state index is 5.38. The Morgan fingerprint density at radius 1 is 1.00 bits per heavy atom. The molecule has 94 valence electrons. The van der Waals surface area contributed by atoms with Crippen LogP contribution in [0.15, 0.2) is 0 Å². The van der Waals surface area contributed by atoms with E-state index < -0.39 is 0 Å². The Kier molecular flexibility index (Phi) is 20.7. The van der Waals surface area contributed by atoms with E-state index in [-0.39, 0.29) is 0 Å². The van der Waals surface area contributed by atoms with Crippen LogP contribution in [-0.2, 0) is 0 Å². The summed E-state index contributed by atoms with van der Waals surface area (Å²) in [7, 11) is 2.83. The molecule has 0 rings (SSSR count). The highest BCUT2D eigenvalue weighted by Crippen LogP contribution is 2.14. The van der Waals surface area contributed by atoms with Gasteiger partial charge in [-0.2, -0.15) is 0 Å². The fourth-order valence-electron chi connectivity index (χ4n) is 1.33. The SMILES string of the molecule is CCCCC(CC)CP.CCCCCCl. The zero-order valence-corrected chi connectivity index (χ0v) is 12.8. The van der Waals surface area contributed by atoms with Crippen LogP contribution in [0.25, 0.3) is 0 Å². The molecule has 0 saturated carbocycles. The molecule has 2 unspecified atom stereocenters. The van der Waals surface area contributed by atoms with Gasteiger partial charge in [-0.25, -0.2) is 0 Å². The van der Waals surface area contributed by atoms with Crippen molar-refractivity contribution in [3.05, 3.63) is 0 Å². The molecule has 0 aliphatic rings. The van der Waals surface area contributed by atoms with Gasteiger partial charge >= 0.3 is 0 Å². The van der Waals surface area contributed by atoms with Crippen LogP contribution in [-0.4, -0.2) is 12.0 Å². The van der Waals surface area contributed by atoms with Crippen molar-refractivity contribution < 1.29 is 0 Å². The van der Waals surface area contributed by atoms with Gasteiger partial charge < -0.3 is 0 Å². The van der Waals surface area contributed by atoms with Gasteiger partial charge in [-0.15, -0.1) is 20.8 Å². The Balaban J connectivity index is 0. The Labute approximate surface area is 105 Å². The molecule has 0 aromatic carbocycles. The van der Waals surface area contributed by atoms with Crippen molar-refractivity contribution in [3.63, 3.8) is 0 Å². The molecule has 0 spiro atoms. The fraction of sp³-hybridized carbons (Fsp3) is 1.00. The lowest BCUT2D eigenvalue weighted by Crippen LogP contribution is -1.98. The van der Waals surface area contributed by atoms with E-state index in [0.29, 0.717) is 0 Å². The lowest BCUT2D eigenvalue weighted by molar-refractivity contribution is 0.499. The highest BCUT2D eigenvalue weighted by Gasteiger charge is 2.00. The predicted octanol–water partition coefficient (Wildman–Crippen LogP) is 5.49. The molecule has 15 heavy (non-hydrogen) atoms. The molecule has 0 bridgehead atoms. The predicted molar refractivity (Wildman–Crippen MR) is 78.1 cm³/mol. The van der Waals surface area contributed by atoms with E-state index in [9.17, 15) is 0 Å². The third-order valence-electron chi connectivity index (χ3n) is 2.61. The van der Waals surface area contributed by atoms with Gasteiger partial charge in [0.15, 0.2) is 0 Å². The summed E-state index contributed by atoms with van der Waals surface area (Å²) in [4.78, 5) is 0. The average molecular weight is 253 g/mol. The number of unbranched alkanes of at least 4 members (excludes halogenated alkanes) is 3. The minimum atomic E-state index is 0.827. The van der Waals surface area contributed by atoms with Gasteiger partial charge in [-0.1, -0.05) is 59.3 Å². The standard InChI is InChI=1S/C8H19P.C5H11Cl/c1-3-5-6-8(4-2)7-9;1-2-3-4-5-6/h8H,3-7,9H2,1-2H3;2-5H2,1H3. The van der Waals surface area contributed by atoms with Crippen molar-refractivity contribution in [2.24, 2.45) is 5.92 Å². The maximum absolute atomic E-state index is 5.38. The van der Waals surface area contributed by atoms with Gasteiger partial charge in [-0.05, 0) is 18.5 Å². The van der Waals surface area contributed by atoms with Crippen molar-refractivity contribution >= 4 is 20.8 Å². The first-order valence-corrected chi connectivity index (χ1v) is 7.87. The Morgan fingerprint density at radius 2 is 1.60 bits per heavy atom. The van der Waals surface area contributed by atoms with Crippen molar-refractivity contribution in [2.45, 2.75) is 65.7 Å². The average Bonchev–Trinajstić information content (AvgIpc) is 2.29. The first-order chi connectivity index (χ1) is 7.26. The molecule has 0 radical (unpaired) electrons. The van der Waals surface area contributed by atoms with E-state index in [1.165, 1.54) is 51.1 Å². The smallest absolute Gasteiger partial charge is 0.0223 e. The number of hydrogen-bond donors (Lipinski definition) is 0. The molecule has 2 atom stereocenters. The van der Waals surface area contributed by atoms with Crippen LogP contribution in [0.1, 0.15) is 65.7 Å².